The highest BCUT2D eigenvalue weighted by atomic mass is 16.4. The third kappa shape index (κ3) is 2.58. The Labute approximate surface area is 117 Å². The fourth-order valence-electron chi connectivity index (χ4n) is 2.49. The van der Waals surface area contributed by atoms with Gasteiger partial charge in [0.15, 0.2) is 11.5 Å². The Kier molecular flexibility index (Phi) is 3.28. The topological polar surface area (TPSA) is 46.3 Å². The molecule has 3 aromatic rings. The van der Waals surface area contributed by atoms with E-state index < -0.39 is 6.10 Å². The molecule has 1 atom stereocenters. The molecule has 0 bridgehead atoms. The number of para-hydroxylation sites is 2. The molecule has 0 radical (unpaired) electrons. The molecule has 3 nitrogen and oxygen atoms in total. The summed E-state index contributed by atoms with van der Waals surface area (Å²) < 4.78 is 5.65. The van der Waals surface area contributed by atoms with Gasteiger partial charge >= 0.3 is 0 Å². The normalized spacial score (nSPS) is 12.8. The summed E-state index contributed by atoms with van der Waals surface area (Å²) in [6.07, 6.45) is -0.209. The summed E-state index contributed by atoms with van der Waals surface area (Å²) in [5.74, 6) is 0.567. The number of hydrogen-bond donors (Lipinski definition) is 1. The second-order valence-corrected chi connectivity index (χ2v) is 5.22. The molecule has 2 aromatic carbocycles. The summed E-state index contributed by atoms with van der Waals surface area (Å²) in [6.45, 7) is 4.06. The first kappa shape index (κ1) is 12.9. The minimum absolute atomic E-state index is 0.386. The van der Waals surface area contributed by atoms with Gasteiger partial charge in [-0.25, -0.2) is 4.98 Å². The highest BCUT2D eigenvalue weighted by molar-refractivity contribution is 5.72. The lowest BCUT2D eigenvalue weighted by molar-refractivity contribution is 0.169. The first-order chi connectivity index (χ1) is 9.61. The quantitative estimate of drug-likeness (QED) is 0.786. The Morgan fingerprint density at radius 3 is 2.50 bits per heavy atom. The van der Waals surface area contributed by atoms with Gasteiger partial charge in [-0.3, -0.25) is 0 Å². The van der Waals surface area contributed by atoms with Crippen LogP contribution in [0.25, 0.3) is 11.1 Å². The standard InChI is InChI=1S/C17H17NO2/c1-11-7-12(2)9-13(8-11)15(19)10-17-18-14-5-3-4-6-16(14)20-17/h3-9,15,19H,10H2,1-2H3. The van der Waals surface area contributed by atoms with Gasteiger partial charge < -0.3 is 9.52 Å². The number of rotatable bonds is 3. The van der Waals surface area contributed by atoms with E-state index in [0.717, 1.165) is 27.8 Å². The number of aromatic nitrogens is 1. The van der Waals surface area contributed by atoms with Crippen LogP contribution in [0.15, 0.2) is 46.9 Å². The van der Waals surface area contributed by atoms with Gasteiger partial charge in [0, 0.05) is 0 Å². The average Bonchev–Trinajstić information content (AvgIpc) is 2.79. The van der Waals surface area contributed by atoms with Crippen LogP contribution in [0, 0.1) is 13.8 Å². The predicted molar refractivity (Wildman–Crippen MR) is 78.6 cm³/mol. The van der Waals surface area contributed by atoms with Crippen LogP contribution in [-0.4, -0.2) is 10.1 Å². The van der Waals surface area contributed by atoms with Crippen molar-refractivity contribution in [3.63, 3.8) is 0 Å². The van der Waals surface area contributed by atoms with Gasteiger partial charge in [0.1, 0.15) is 5.52 Å². The van der Waals surface area contributed by atoms with Crippen molar-refractivity contribution in [2.45, 2.75) is 26.4 Å². The molecule has 3 heteroatoms. The van der Waals surface area contributed by atoms with Gasteiger partial charge in [-0.1, -0.05) is 41.5 Å². The fourth-order valence-corrected chi connectivity index (χ4v) is 2.49. The monoisotopic (exact) mass is 267 g/mol. The maximum Gasteiger partial charge on any atom is 0.198 e. The number of hydrogen-bond acceptors (Lipinski definition) is 3. The Morgan fingerprint density at radius 1 is 1.10 bits per heavy atom. The van der Waals surface area contributed by atoms with Crippen molar-refractivity contribution in [3.8, 4) is 0 Å². The third-order valence-corrected chi connectivity index (χ3v) is 3.33. The van der Waals surface area contributed by atoms with E-state index in [1.807, 2.05) is 50.2 Å². The number of aliphatic hydroxyl groups excluding tert-OH is 1. The number of aliphatic hydroxyl groups is 1. The second kappa shape index (κ2) is 5.10. The summed E-state index contributed by atoms with van der Waals surface area (Å²) in [5, 5.41) is 10.3. The minimum Gasteiger partial charge on any atom is -0.441 e. The largest absolute Gasteiger partial charge is 0.441 e. The molecule has 0 amide bonds. The Balaban J connectivity index is 1.86. The molecule has 1 unspecified atom stereocenters. The van der Waals surface area contributed by atoms with Crippen molar-refractivity contribution in [1.29, 1.82) is 0 Å². The van der Waals surface area contributed by atoms with E-state index in [4.69, 9.17) is 4.42 Å². The van der Waals surface area contributed by atoms with Crippen molar-refractivity contribution in [3.05, 3.63) is 65.0 Å². The molecule has 0 spiro atoms. The number of oxazole rings is 1. The van der Waals surface area contributed by atoms with Crippen LogP contribution in [-0.2, 0) is 6.42 Å². The summed E-state index contributed by atoms with van der Waals surface area (Å²) in [4.78, 5) is 4.40. The van der Waals surface area contributed by atoms with Gasteiger partial charge in [0.2, 0.25) is 0 Å². The minimum atomic E-state index is -0.596. The summed E-state index contributed by atoms with van der Waals surface area (Å²) >= 11 is 0. The SMILES string of the molecule is Cc1cc(C)cc(C(O)Cc2nc3ccccc3o2)c1. The van der Waals surface area contributed by atoms with Gasteiger partial charge in [-0.15, -0.1) is 0 Å². The number of nitrogens with zero attached hydrogens (tertiary/aromatic N) is 1. The number of fused-ring (bicyclic) bond motifs is 1. The fraction of sp³-hybridized carbons (Fsp3) is 0.235. The molecule has 1 aromatic heterocycles. The van der Waals surface area contributed by atoms with Crippen LogP contribution < -0.4 is 0 Å². The Hall–Kier alpha value is -2.13. The van der Waals surface area contributed by atoms with E-state index in [1.54, 1.807) is 0 Å². The maximum atomic E-state index is 10.3. The van der Waals surface area contributed by atoms with Crippen molar-refractivity contribution in [2.75, 3.05) is 0 Å². The lowest BCUT2D eigenvalue weighted by Crippen LogP contribution is -2.03. The highest BCUT2D eigenvalue weighted by Gasteiger charge is 2.14. The molecule has 0 aliphatic carbocycles. The molecule has 0 saturated carbocycles. The van der Waals surface area contributed by atoms with Gasteiger partial charge in [0.05, 0.1) is 12.5 Å². The zero-order valence-corrected chi connectivity index (χ0v) is 11.6. The number of aryl methyl sites for hydroxylation is 2. The Morgan fingerprint density at radius 2 is 1.80 bits per heavy atom. The zero-order chi connectivity index (χ0) is 14.1. The van der Waals surface area contributed by atoms with Gasteiger partial charge in [-0.05, 0) is 31.5 Å². The van der Waals surface area contributed by atoms with Gasteiger partial charge in [-0.2, -0.15) is 0 Å². The molecule has 1 heterocycles. The third-order valence-electron chi connectivity index (χ3n) is 3.33. The second-order valence-electron chi connectivity index (χ2n) is 5.22. The zero-order valence-electron chi connectivity index (χ0n) is 11.6. The van der Waals surface area contributed by atoms with E-state index in [2.05, 4.69) is 11.1 Å². The maximum absolute atomic E-state index is 10.3. The van der Waals surface area contributed by atoms with Gasteiger partial charge in [0.25, 0.3) is 0 Å². The molecule has 0 fully saturated rings. The molecule has 20 heavy (non-hydrogen) atoms. The Bertz CT molecular complexity index is 692. The van der Waals surface area contributed by atoms with Crippen LogP contribution in [0.4, 0.5) is 0 Å². The van der Waals surface area contributed by atoms with E-state index in [-0.39, 0.29) is 0 Å². The number of benzene rings is 2. The van der Waals surface area contributed by atoms with Crippen LogP contribution >= 0.6 is 0 Å². The highest BCUT2D eigenvalue weighted by Crippen LogP contribution is 2.23. The van der Waals surface area contributed by atoms with E-state index >= 15 is 0 Å². The van der Waals surface area contributed by atoms with Crippen LogP contribution in [0.2, 0.25) is 0 Å². The van der Waals surface area contributed by atoms with Crippen molar-refractivity contribution >= 4 is 11.1 Å². The van der Waals surface area contributed by atoms with Crippen LogP contribution in [0.5, 0.6) is 0 Å². The summed E-state index contributed by atoms with van der Waals surface area (Å²) in [6, 6.07) is 13.7. The van der Waals surface area contributed by atoms with Crippen LogP contribution in [0.3, 0.4) is 0 Å². The van der Waals surface area contributed by atoms with Crippen LogP contribution in [0.1, 0.15) is 28.7 Å². The molecular weight excluding hydrogens is 250 g/mol. The average molecular weight is 267 g/mol. The molecule has 102 valence electrons. The van der Waals surface area contributed by atoms with Crippen molar-refractivity contribution in [1.82, 2.24) is 4.98 Å². The molecule has 1 N–H and O–H groups in total. The summed E-state index contributed by atoms with van der Waals surface area (Å²) in [7, 11) is 0. The lowest BCUT2D eigenvalue weighted by atomic mass is 10.0. The molecular formula is C17H17NO2. The predicted octanol–water partition coefficient (Wildman–Crippen LogP) is 3.72. The van der Waals surface area contributed by atoms with Crippen molar-refractivity contribution in [2.24, 2.45) is 0 Å². The molecule has 0 saturated heterocycles. The molecule has 3 rings (SSSR count). The smallest absolute Gasteiger partial charge is 0.198 e. The van der Waals surface area contributed by atoms with E-state index in [1.165, 1.54) is 0 Å². The summed E-state index contributed by atoms with van der Waals surface area (Å²) in [5.41, 5.74) is 4.79. The first-order valence-electron chi connectivity index (χ1n) is 6.72. The lowest BCUT2D eigenvalue weighted by Gasteiger charge is -2.10. The molecule has 0 aliphatic heterocycles. The molecule has 0 aliphatic rings. The van der Waals surface area contributed by atoms with Crippen molar-refractivity contribution < 1.29 is 9.52 Å². The van der Waals surface area contributed by atoms with E-state index in [9.17, 15) is 5.11 Å². The van der Waals surface area contributed by atoms with E-state index in [0.29, 0.717) is 12.3 Å². The first-order valence-corrected chi connectivity index (χ1v) is 6.72.